The van der Waals surface area contributed by atoms with Crippen LogP contribution in [0.25, 0.3) is 10.8 Å². The van der Waals surface area contributed by atoms with Crippen LogP contribution < -0.4 is 4.90 Å². The van der Waals surface area contributed by atoms with Gasteiger partial charge >= 0.3 is 0 Å². The summed E-state index contributed by atoms with van der Waals surface area (Å²) in [6.45, 7) is 3.94. The highest BCUT2D eigenvalue weighted by Crippen LogP contribution is 2.16. The standard InChI is InChI=1S/C21H21N3/c1-2-8-21(9-3-1)23-12-14-24(15-13-23)22-17-18-10-11-19-6-4-5-7-20(19)16-18/h1-11,16-17H,12-15H2/b22-17+. The van der Waals surface area contributed by atoms with Gasteiger partial charge in [-0.25, -0.2) is 0 Å². The Balaban J connectivity index is 1.40. The van der Waals surface area contributed by atoms with E-state index in [2.05, 4.69) is 87.8 Å². The van der Waals surface area contributed by atoms with Gasteiger partial charge in [-0.15, -0.1) is 0 Å². The minimum Gasteiger partial charge on any atom is -0.368 e. The number of anilines is 1. The zero-order valence-corrected chi connectivity index (χ0v) is 13.7. The van der Waals surface area contributed by atoms with Crippen molar-refractivity contribution < 1.29 is 0 Å². The molecule has 0 radical (unpaired) electrons. The molecule has 0 N–H and O–H groups in total. The van der Waals surface area contributed by atoms with Crippen LogP contribution in [-0.4, -0.2) is 37.4 Å². The summed E-state index contributed by atoms with van der Waals surface area (Å²) in [6.07, 6.45) is 1.98. The number of hydrogen-bond donors (Lipinski definition) is 0. The van der Waals surface area contributed by atoms with Crippen LogP contribution in [0.1, 0.15) is 5.56 Å². The molecular weight excluding hydrogens is 294 g/mol. The first-order valence-corrected chi connectivity index (χ1v) is 8.46. The third-order valence-electron chi connectivity index (χ3n) is 4.52. The summed E-state index contributed by atoms with van der Waals surface area (Å²) in [5, 5.41) is 9.36. The van der Waals surface area contributed by atoms with E-state index in [-0.39, 0.29) is 0 Å². The molecule has 3 aromatic carbocycles. The second kappa shape index (κ2) is 6.75. The fraction of sp³-hybridized carbons (Fsp3) is 0.190. The summed E-state index contributed by atoms with van der Waals surface area (Å²) in [5.74, 6) is 0. The van der Waals surface area contributed by atoms with Crippen molar-refractivity contribution in [1.29, 1.82) is 0 Å². The van der Waals surface area contributed by atoms with Gasteiger partial charge in [0.05, 0.1) is 19.3 Å². The summed E-state index contributed by atoms with van der Waals surface area (Å²) >= 11 is 0. The molecule has 0 aliphatic carbocycles. The molecule has 3 aromatic rings. The molecule has 1 aliphatic rings. The van der Waals surface area contributed by atoms with E-state index in [9.17, 15) is 0 Å². The van der Waals surface area contributed by atoms with Gasteiger partial charge in [-0.3, -0.25) is 5.01 Å². The van der Waals surface area contributed by atoms with Crippen LogP contribution in [0.2, 0.25) is 0 Å². The lowest BCUT2D eigenvalue weighted by Gasteiger charge is -2.34. The van der Waals surface area contributed by atoms with E-state index in [0.717, 1.165) is 31.7 Å². The summed E-state index contributed by atoms with van der Waals surface area (Å²) in [5.41, 5.74) is 2.45. The van der Waals surface area contributed by atoms with Crippen LogP contribution >= 0.6 is 0 Å². The smallest absolute Gasteiger partial charge is 0.0543 e. The summed E-state index contributed by atoms with van der Waals surface area (Å²) in [4.78, 5) is 2.42. The molecule has 1 heterocycles. The van der Waals surface area contributed by atoms with Crippen LogP contribution in [0, 0.1) is 0 Å². The number of para-hydroxylation sites is 1. The van der Waals surface area contributed by atoms with E-state index < -0.39 is 0 Å². The Morgan fingerprint density at radius 3 is 2.21 bits per heavy atom. The van der Waals surface area contributed by atoms with E-state index >= 15 is 0 Å². The minimum atomic E-state index is 0.957. The van der Waals surface area contributed by atoms with E-state index in [1.165, 1.54) is 16.5 Å². The second-order valence-electron chi connectivity index (χ2n) is 6.13. The Morgan fingerprint density at radius 2 is 1.42 bits per heavy atom. The van der Waals surface area contributed by atoms with Crippen LogP contribution in [0.3, 0.4) is 0 Å². The first-order valence-electron chi connectivity index (χ1n) is 8.46. The zero-order chi connectivity index (χ0) is 16.2. The minimum absolute atomic E-state index is 0.957. The van der Waals surface area contributed by atoms with Crippen molar-refractivity contribution in [2.75, 3.05) is 31.1 Å². The Morgan fingerprint density at radius 1 is 0.708 bits per heavy atom. The average Bonchev–Trinajstić information content (AvgIpc) is 2.67. The average molecular weight is 315 g/mol. The molecule has 0 atom stereocenters. The number of nitrogens with zero attached hydrogens (tertiary/aromatic N) is 3. The molecule has 4 rings (SSSR count). The maximum Gasteiger partial charge on any atom is 0.0543 e. The molecule has 3 heteroatoms. The Labute approximate surface area is 142 Å². The maximum absolute atomic E-state index is 4.67. The van der Waals surface area contributed by atoms with E-state index in [1.807, 2.05) is 6.21 Å². The molecule has 0 aromatic heterocycles. The van der Waals surface area contributed by atoms with Gasteiger partial charge in [-0.05, 0) is 34.5 Å². The van der Waals surface area contributed by atoms with Crippen molar-refractivity contribution in [3.8, 4) is 0 Å². The molecule has 3 nitrogen and oxygen atoms in total. The quantitative estimate of drug-likeness (QED) is 0.680. The van der Waals surface area contributed by atoms with Crippen LogP contribution in [0.15, 0.2) is 77.9 Å². The highest BCUT2D eigenvalue weighted by Gasteiger charge is 2.15. The zero-order valence-electron chi connectivity index (χ0n) is 13.7. The largest absolute Gasteiger partial charge is 0.368 e. The van der Waals surface area contributed by atoms with Gasteiger partial charge in [0.2, 0.25) is 0 Å². The Bertz CT molecular complexity index is 834. The van der Waals surface area contributed by atoms with E-state index in [1.54, 1.807) is 0 Å². The lowest BCUT2D eigenvalue weighted by Crippen LogP contribution is -2.44. The third-order valence-corrected chi connectivity index (χ3v) is 4.52. The number of benzene rings is 3. The van der Waals surface area contributed by atoms with E-state index in [0.29, 0.717) is 0 Å². The van der Waals surface area contributed by atoms with Crippen LogP contribution in [0.4, 0.5) is 5.69 Å². The van der Waals surface area contributed by atoms with Crippen molar-refractivity contribution in [3.63, 3.8) is 0 Å². The Kier molecular flexibility index (Phi) is 4.15. The van der Waals surface area contributed by atoms with Crippen LogP contribution in [-0.2, 0) is 0 Å². The van der Waals surface area contributed by atoms with Crippen molar-refractivity contribution in [3.05, 3.63) is 78.4 Å². The van der Waals surface area contributed by atoms with Gasteiger partial charge in [0.1, 0.15) is 0 Å². The van der Waals surface area contributed by atoms with Gasteiger partial charge in [-0.1, -0.05) is 54.6 Å². The van der Waals surface area contributed by atoms with Crippen molar-refractivity contribution in [2.45, 2.75) is 0 Å². The molecule has 0 unspecified atom stereocenters. The van der Waals surface area contributed by atoms with Gasteiger partial charge in [0.15, 0.2) is 0 Å². The maximum atomic E-state index is 4.67. The molecular formula is C21H21N3. The number of rotatable bonds is 3. The summed E-state index contributed by atoms with van der Waals surface area (Å²) in [7, 11) is 0. The summed E-state index contributed by atoms with van der Waals surface area (Å²) in [6, 6.07) is 25.5. The molecule has 0 amide bonds. The molecule has 120 valence electrons. The second-order valence-corrected chi connectivity index (χ2v) is 6.13. The SMILES string of the molecule is C(=N\N1CCN(c2ccccc2)CC1)/c1ccc2ccccc2c1. The molecule has 0 saturated carbocycles. The first kappa shape index (κ1) is 14.8. The molecule has 1 fully saturated rings. The van der Waals surface area contributed by atoms with Gasteiger partial charge < -0.3 is 4.90 Å². The van der Waals surface area contributed by atoms with Gasteiger partial charge in [0, 0.05) is 18.8 Å². The van der Waals surface area contributed by atoms with Crippen molar-refractivity contribution >= 4 is 22.7 Å². The predicted octanol–water partition coefficient (Wildman–Crippen LogP) is 4.00. The lowest BCUT2D eigenvalue weighted by atomic mass is 10.1. The van der Waals surface area contributed by atoms with Crippen molar-refractivity contribution in [2.24, 2.45) is 5.10 Å². The normalized spacial score (nSPS) is 15.3. The molecule has 0 spiro atoms. The fourth-order valence-electron chi connectivity index (χ4n) is 3.14. The molecule has 1 aliphatic heterocycles. The molecule has 0 bridgehead atoms. The number of hydrazone groups is 1. The lowest BCUT2D eigenvalue weighted by molar-refractivity contribution is 0.272. The highest BCUT2D eigenvalue weighted by atomic mass is 15.5. The fourth-order valence-corrected chi connectivity index (χ4v) is 3.14. The third kappa shape index (κ3) is 3.25. The molecule has 24 heavy (non-hydrogen) atoms. The van der Waals surface area contributed by atoms with Crippen LogP contribution in [0.5, 0.6) is 0 Å². The van der Waals surface area contributed by atoms with Gasteiger partial charge in [-0.2, -0.15) is 5.10 Å². The number of fused-ring (bicyclic) bond motifs is 1. The monoisotopic (exact) mass is 315 g/mol. The number of hydrogen-bond acceptors (Lipinski definition) is 3. The Hall–Kier alpha value is -2.81. The molecule has 1 saturated heterocycles. The summed E-state index contributed by atoms with van der Waals surface area (Å²) < 4.78 is 0. The number of piperazine rings is 1. The predicted molar refractivity (Wildman–Crippen MR) is 102 cm³/mol. The first-order chi connectivity index (χ1) is 11.9. The highest BCUT2D eigenvalue weighted by molar-refractivity contribution is 5.90. The van der Waals surface area contributed by atoms with E-state index in [4.69, 9.17) is 0 Å². The van der Waals surface area contributed by atoms with Crippen molar-refractivity contribution in [1.82, 2.24) is 5.01 Å². The van der Waals surface area contributed by atoms with Gasteiger partial charge in [0.25, 0.3) is 0 Å². The topological polar surface area (TPSA) is 18.8 Å².